The van der Waals surface area contributed by atoms with E-state index in [1.807, 2.05) is 12.2 Å². The zero-order chi connectivity index (χ0) is 13.9. The SMILES string of the molecule is C=CCC(CCCC)NC(CC=C)c1ccccc1. The monoisotopic (exact) mass is 257 g/mol. The van der Waals surface area contributed by atoms with Crippen LogP contribution in [0.4, 0.5) is 0 Å². The van der Waals surface area contributed by atoms with Gasteiger partial charge in [0.05, 0.1) is 0 Å². The summed E-state index contributed by atoms with van der Waals surface area (Å²) in [6, 6.07) is 11.5. The molecule has 1 N–H and O–H groups in total. The molecule has 0 aliphatic carbocycles. The van der Waals surface area contributed by atoms with E-state index < -0.39 is 0 Å². The maximum Gasteiger partial charge on any atom is 0.0357 e. The molecular weight excluding hydrogens is 230 g/mol. The summed E-state index contributed by atoms with van der Waals surface area (Å²) in [5.74, 6) is 0. The quantitative estimate of drug-likeness (QED) is 0.580. The maximum absolute atomic E-state index is 3.88. The van der Waals surface area contributed by atoms with Crippen molar-refractivity contribution in [3.05, 3.63) is 61.2 Å². The third kappa shape index (κ3) is 5.89. The Morgan fingerprint density at radius 1 is 1.11 bits per heavy atom. The maximum atomic E-state index is 3.88. The Bertz CT molecular complexity index is 355. The van der Waals surface area contributed by atoms with Gasteiger partial charge in [0.25, 0.3) is 0 Å². The molecule has 0 spiro atoms. The van der Waals surface area contributed by atoms with Crippen LogP contribution in [0.25, 0.3) is 0 Å². The van der Waals surface area contributed by atoms with Gasteiger partial charge in [-0.1, -0.05) is 62.2 Å². The Balaban J connectivity index is 2.69. The first-order chi connectivity index (χ1) is 9.31. The van der Waals surface area contributed by atoms with Crippen molar-refractivity contribution in [1.82, 2.24) is 5.32 Å². The molecule has 0 aromatic heterocycles. The summed E-state index contributed by atoms with van der Waals surface area (Å²) in [6.45, 7) is 10.00. The van der Waals surface area contributed by atoms with E-state index in [9.17, 15) is 0 Å². The number of hydrogen-bond acceptors (Lipinski definition) is 1. The number of rotatable bonds is 10. The first kappa shape index (κ1) is 15.7. The smallest absolute Gasteiger partial charge is 0.0357 e. The minimum Gasteiger partial charge on any atom is -0.307 e. The van der Waals surface area contributed by atoms with E-state index >= 15 is 0 Å². The second kappa shape index (κ2) is 9.57. The Kier molecular flexibility index (Phi) is 7.92. The molecule has 0 saturated heterocycles. The average molecular weight is 257 g/mol. The molecule has 2 atom stereocenters. The molecule has 104 valence electrons. The highest BCUT2D eigenvalue weighted by molar-refractivity contribution is 5.19. The molecule has 0 heterocycles. The molecule has 1 nitrogen and oxygen atoms in total. The van der Waals surface area contributed by atoms with Crippen LogP contribution >= 0.6 is 0 Å². The van der Waals surface area contributed by atoms with Crippen molar-refractivity contribution in [2.75, 3.05) is 0 Å². The van der Waals surface area contributed by atoms with Gasteiger partial charge in [-0.3, -0.25) is 0 Å². The molecule has 0 aliphatic heterocycles. The highest BCUT2D eigenvalue weighted by atomic mass is 14.9. The largest absolute Gasteiger partial charge is 0.307 e. The number of benzene rings is 1. The van der Waals surface area contributed by atoms with Crippen LogP contribution in [0.15, 0.2) is 55.6 Å². The van der Waals surface area contributed by atoms with Crippen molar-refractivity contribution in [2.24, 2.45) is 0 Å². The summed E-state index contributed by atoms with van der Waals surface area (Å²) in [5, 5.41) is 3.76. The summed E-state index contributed by atoms with van der Waals surface area (Å²) in [4.78, 5) is 0. The van der Waals surface area contributed by atoms with Gasteiger partial charge in [0.1, 0.15) is 0 Å². The van der Waals surface area contributed by atoms with E-state index in [0.29, 0.717) is 12.1 Å². The lowest BCUT2D eigenvalue weighted by Crippen LogP contribution is -2.32. The zero-order valence-corrected chi connectivity index (χ0v) is 12.1. The minimum atomic E-state index is 0.362. The third-order valence-corrected chi connectivity index (χ3v) is 3.40. The summed E-state index contributed by atoms with van der Waals surface area (Å²) >= 11 is 0. The lowest BCUT2D eigenvalue weighted by molar-refractivity contribution is 0.407. The molecule has 0 radical (unpaired) electrons. The Morgan fingerprint density at radius 3 is 2.37 bits per heavy atom. The standard InChI is InChI=1S/C18H27N/c1-4-7-15-17(11-5-2)19-18(12-6-3)16-13-9-8-10-14-16/h5-6,8-10,13-14,17-19H,2-4,7,11-12,15H2,1H3. The van der Waals surface area contributed by atoms with Crippen LogP contribution in [0, 0.1) is 0 Å². The molecule has 1 aromatic rings. The topological polar surface area (TPSA) is 12.0 Å². The van der Waals surface area contributed by atoms with Crippen LogP contribution in [-0.4, -0.2) is 6.04 Å². The first-order valence-corrected chi connectivity index (χ1v) is 7.34. The second-order valence-electron chi connectivity index (χ2n) is 5.02. The second-order valence-corrected chi connectivity index (χ2v) is 5.02. The van der Waals surface area contributed by atoms with Crippen LogP contribution in [0.3, 0.4) is 0 Å². The van der Waals surface area contributed by atoms with Gasteiger partial charge < -0.3 is 5.32 Å². The normalized spacial score (nSPS) is 13.7. The molecule has 0 bridgehead atoms. The van der Waals surface area contributed by atoms with Gasteiger partial charge >= 0.3 is 0 Å². The minimum absolute atomic E-state index is 0.362. The van der Waals surface area contributed by atoms with Crippen LogP contribution in [-0.2, 0) is 0 Å². The molecule has 2 unspecified atom stereocenters. The van der Waals surface area contributed by atoms with Crippen LogP contribution in [0.2, 0.25) is 0 Å². The molecule has 1 aromatic carbocycles. The van der Waals surface area contributed by atoms with E-state index in [2.05, 4.69) is 55.7 Å². The molecule has 0 aliphatic rings. The van der Waals surface area contributed by atoms with E-state index in [0.717, 1.165) is 12.8 Å². The molecule has 19 heavy (non-hydrogen) atoms. The van der Waals surface area contributed by atoms with Gasteiger partial charge in [-0.05, 0) is 24.8 Å². The Hall–Kier alpha value is -1.34. The van der Waals surface area contributed by atoms with E-state index in [4.69, 9.17) is 0 Å². The number of hydrogen-bond donors (Lipinski definition) is 1. The average Bonchev–Trinajstić information content (AvgIpc) is 2.45. The zero-order valence-electron chi connectivity index (χ0n) is 12.1. The fraction of sp³-hybridized carbons (Fsp3) is 0.444. The van der Waals surface area contributed by atoms with Crippen molar-refractivity contribution >= 4 is 0 Å². The molecule has 0 saturated carbocycles. The first-order valence-electron chi connectivity index (χ1n) is 7.34. The van der Waals surface area contributed by atoms with Crippen LogP contribution in [0.5, 0.6) is 0 Å². The van der Waals surface area contributed by atoms with Crippen molar-refractivity contribution in [3.63, 3.8) is 0 Å². The van der Waals surface area contributed by atoms with Crippen molar-refractivity contribution in [1.29, 1.82) is 0 Å². The predicted octanol–water partition coefficient (Wildman–Crippen LogP) is 5.03. The summed E-state index contributed by atoms with van der Waals surface area (Å²) in [5.41, 5.74) is 1.34. The van der Waals surface area contributed by atoms with Gasteiger partial charge in [0, 0.05) is 12.1 Å². The van der Waals surface area contributed by atoms with Gasteiger partial charge in [-0.2, -0.15) is 0 Å². The summed E-state index contributed by atoms with van der Waals surface area (Å²) in [6.07, 6.45) is 9.72. The highest BCUT2D eigenvalue weighted by Gasteiger charge is 2.14. The van der Waals surface area contributed by atoms with Crippen LogP contribution in [0.1, 0.15) is 50.6 Å². The lowest BCUT2D eigenvalue weighted by atomic mass is 9.99. The Morgan fingerprint density at radius 2 is 1.79 bits per heavy atom. The summed E-state index contributed by atoms with van der Waals surface area (Å²) < 4.78 is 0. The van der Waals surface area contributed by atoms with Crippen LogP contribution < -0.4 is 5.32 Å². The van der Waals surface area contributed by atoms with Gasteiger partial charge in [0.15, 0.2) is 0 Å². The fourth-order valence-corrected chi connectivity index (χ4v) is 2.36. The van der Waals surface area contributed by atoms with Gasteiger partial charge in [0.2, 0.25) is 0 Å². The lowest BCUT2D eigenvalue weighted by Gasteiger charge is -2.25. The Labute approximate surface area is 118 Å². The molecule has 0 fully saturated rings. The molecule has 0 amide bonds. The summed E-state index contributed by atoms with van der Waals surface area (Å²) in [7, 11) is 0. The number of nitrogens with one attached hydrogen (secondary N) is 1. The highest BCUT2D eigenvalue weighted by Crippen LogP contribution is 2.19. The molecule has 1 heteroatoms. The molecule has 1 rings (SSSR count). The fourth-order valence-electron chi connectivity index (χ4n) is 2.36. The van der Waals surface area contributed by atoms with Gasteiger partial charge in [-0.15, -0.1) is 13.2 Å². The third-order valence-electron chi connectivity index (χ3n) is 3.40. The van der Waals surface area contributed by atoms with Crippen molar-refractivity contribution in [2.45, 2.75) is 51.1 Å². The van der Waals surface area contributed by atoms with Gasteiger partial charge in [-0.25, -0.2) is 0 Å². The van der Waals surface area contributed by atoms with E-state index in [1.54, 1.807) is 0 Å². The van der Waals surface area contributed by atoms with E-state index in [-0.39, 0.29) is 0 Å². The number of unbranched alkanes of at least 4 members (excludes halogenated alkanes) is 1. The molecular formula is C18H27N. The van der Waals surface area contributed by atoms with Crippen molar-refractivity contribution < 1.29 is 0 Å². The predicted molar refractivity (Wildman–Crippen MR) is 85.3 cm³/mol. The van der Waals surface area contributed by atoms with E-state index in [1.165, 1.54) is 24.8 Å². The van der Waals surface area contributed by atoms with Crippen molar-refractivity contribution in [3.8, 4) is 0 Å².